The van der Waals surface area contributed by atoms with Gasteiger partial charge in [0.1, 0.15) is 0 Å². The van der Waals surface area contributed by atoms with Crippen LogP contribution < -0.4 is 5.73 Å². The van der Waals surface area contributed by atoms with E-state index < -0.39 is 0 Å². The average molecular weight is 257 g/mol. The zero-order valence-electron chi connectivity index (χ0n) is 11.8. The Hall–Kier alpha value is -1.61. The third-order valence-electron chi connectivity index (χ3n) is 3.48. The second-order valence-electron chi connectivity index (χ2n) is 5.09. The van der Waals surface area contributed by atoms with Gasteiger partial charge in [0, 0.05) is 12.2 Å². The molecule has 1 atom stereocenters. The average Bonchev–Trinajstić information content (AvgIpc) is 2.79. The highest BCUT2D eigenvalue weighted by molar-refractivity contribution is 5.16. The molecular formula is C16H23N3. The number of aromatic nitrogens is 2. The molecule has 1 aromatic carbocycles. The van der Waals surface area contributed by atoms with Crippen LogP contribution in [0, 0.1) is 12.8 Å². The van der Waals surface area contributed by atoms with E-state index in [4.69, 9.17) is 5.73 Å². The second kappa shape index (κ2) is 6.53. The Morgan fingerprint density at radius 3 is 2.58 bits per heavy atom. The van der Waals surface area contributed by atoms with Gasteiger partial charge in [-0.05, 0) is 50.8 Å². The molecule has 0 radical (unpaired) electrons. The largest absolute Gasteiger partial charge is 0.330 e. The van der Waals surface area contributed by atoms with Crippen molar-refractivity contribution in [1.29, 1.82) is 0 Å². The smallest absolute Gasteiger partial charge is 0.0596 e. The van der Waals surface area contributed by atoms with Gasteiger partial charge in [-0.2, -0.15) is 5.10 Å². The van der Waals surface area contributed by atoms with E-state index in [0.29, 0.717) is 12.5 Å². The first-order valence-electron chi connectivity index (χ1n) is 7.00. The van der Waals surface area contributed by atoms with Crippen molar-refractivity contribution in [3.63, 3.8) is 0 Å². The van der Waals surface area contributed by atoms with Crippen molar-refractivity contribution in [3.8, 4) is 0 Å². The molecule has 1 heterocycles. The van der Waals surface area contributed by atoms with Crippen molar-refractivity contribution in [2.45, 2.75) is 33.2 Å². The van der Waals surface area contributed by atoms with E-state index in [9.17, 15) is 0 Å². The summed E-state index contributed by atoms with van der Waals surface area (Å²) in [4.78, 5) is 0. The minimum Gasteiger partial charge on any atom is -0.330 e. The Morgan fingerprint density at radius 1 is 1.21 bits per heavy atom. The third-order valence-corrected chi connectivity index (χ3v) is 3.48. The summed E-state index contributed by atoms with van der Waals surface area (Å²) >= 11 is 0. The van der Waals surface area contributed by atoms with Gasteiger partial charge in [-0.1, -0.05) is 30.3 Å². The maximum atomic E-state index is 5.94. The van der Waals surface area contributed by atoms with Gasteiger partial charge in [0.25, 0.3) is 0 Å². The van der Waals surface area contributed by atoms with Gasteiger partial charge < -0.3 is 5.73 Å². The summed E-state index contributed by atoms with van der Waals surface area (Å²) < 4.78 is 2.09. The summed E-state index contributed by atoms with van der Waals surface area (Å²) in [5, 5.41) is 4.50. The predicted molar refractivity (Wildman–Crippen MR) is 79.0 cm³/mol. The highest BCUT2D eigenvalue weighted by atomic mass is 15.3. The molecule has 19 heavy (non-hydrogen) atoms. The van der Waals surface area contributed by atoms with E-state index in [1.54, 1.807) is 0 Å². The van der Waals surface area contributed by atoms with E-state index in [0.717, 1.165) is 25.1 Å². The number of benzene rings is 1. The van der Waals surface area contributed by atoms with Gasteiger partial charge >= 0.3 is 0 Å². The van der Waals surface area contributed by atoms with Crippen LogP contribution in [0.15, 0.2) is 36.4 Å². The molecule has 2 aromatic rings. The van der Waals surface area contributed by atoms with Crippen LogP contribution in [0.2, 0.25) is 0 Å². The summed E-state index contributed by atoms with van der Waals surface area (Å²) in [5.74, 6) is 0.476. The van der Waals surface area contributed by atoms with E-state index in [-0.39, 0.29) is 0 Å². The van der Waals surface area contributed by atoms with Crippen LogP contribution in [0.5, 0.6) is 0 Å². The normalized spacial score (nSPS) is 12.6. The quantitative estimate of drug-likeness (QED) is 0.864. The molecule has 0 saturated heterocycles. The summed E-state index contributed by atoms with van der Waals surface area (Å²) in [7, 11) is 0. The first-order chi connectivity index (χ1) is 9.22. The van der Waals surface area contributed by atoms with Crippen LogP contribution in [0.1, 0.15) is 23.9 Å². The molecule has 1 aromatic heterocycles. The Balaban J connectivity index is 2.06. The van der Waals surface area contributed by atoms with Crippen LogP contribution in [-0.2, 0) is 19.4 Å². The minimum absolute atomic E-state index is 0.476. The van der Waals surface area contributed by atoms with Crippen LogP contribution in [-0.4, -0.2) is 16.3 Å². The van der Waals surface area contributed by atoms with Gasteiger partial charge in [-0.15, -0.1) is 0 Å². The van der Waals surface area contributed by atoms with Gasteiger partial charge in [-0.3, -0.25) is 4.68 Å². The van der Waals surface area contributed by atoms with Gasteiger partial charge in [0.2, 0.25) is 0 Å². The van der Waals surface area contributed by atoms with E-state index in [2.05, 4.69) is 53.1 Å². The fourth-order valence-corrected chi connectivity index (χ4v) is 2.52. The molecule has 2 rings (SSSR count). The van der Waals surface area contributed by atoms with Gasteiger partial charge in [0.15, 0.2) is 0 Å². The number of hydrogen-bond acceptors (Lipinski definition) is 2. The van der Waals surface area contributed by atoms with Gasteiger partial charge in [0.05, 0.1) is 5.69 Å². The van der Waals surface area contributed by atoms with Crippen molar-refractivity contribution >= 4 is 0 Å². The predicted octanol–water partition coefficient (Wildman–Crippen LogP) is 2.57. The second-order valence-corrected chi connectivity index (χ2v) is 5.09. The highest BCUT2D eigenvalue weighted by Crippen LogP contribution is 2.15. The maximum Gasteiger partial charge on any atom is 0.0596 e. The monoisotopic (exact) mass is 257 g/mol. The Morgan fingerprint density at radius 2 is 1.95 bits per heavy atom. The lowest BCUT2D eigenvalue weighted by molar-refractivity contribution is 0.499. The molecule has 0 aliphatic rings. The van der Waals surface area contributed by atoms with Crippen molar-refractivity contribution in [1.82, 2.24) is 9.78 Å². The Kier molecular flexibility index (Phi) is 4.74. The van der Waals surface area contributed by atoms with Gasteiger partial charge in [-0.25, -0.2) is 0 Å². The van der Waals surface area contributed by atoms with Crippen molar-refractivity contribution < 1.29 is 0 Å². The zero-order chi connectivity index (χ0) is 13.7. The molecule has 0 aliphatic carbocycles. The number of hydrogen-bond donors (Lipinski definition) is 1. The zero-order valence-corrected chi connectivity index (χ0v) is 11.8. The molecule has 0 amide bonds. The summed E-state index contributed by atoms with van der Waals surface area (Å²) in [6.07, 6.45) is 2.03. The lowest BCUT2D eigenvalue weighted by Crippen LogP contribution is -2.21. The summed E-state index contributed by atoms with van der Waals surface area (Å²) in [6.45, 7) is 5.81. The number of nitrogens with two attached hydrogens (primary N) is 1. The first kappa shape index (κ1) is 13.8. The first-order valence-corrected chi connectivity index (χ1v) is 7.00. The molecule has 0 fully saturated rings. The molecule has 3 nitrogen and oxygen atoms in total. The molecule has 102 valence electrons. The lowest BCUT2D eigenvalue weighted by atomic mass is 9.95. The highest BCUT2D eigenvalue weighted by Gasteiger charge is 2.12. The van der Waals surface area contributed by atoms with E-state index in [1.165, 1.54) is 11.3 Å². The topological polar surface area (TPSA) is 43.8 Å². The fraction of sp³-hybridized carbons (Fsp3) is 0.438. The molecule has 0 aliphatic heterocycles. The van der Waals surface area contributed by atoms with Crippen molar-refractivity contribution in [3.05, 3.63) is 53.3 Å². The standard InChI is InChI=1S/C16H23N3/c1-3-19-16(9-13(2)18-19)11-15(12-17)10-14-7-5-4-6-8-14/h4-9,15H,3,10-12,17H2,1-2H3. The van der Waals surface area contributed by atoms with Crippen LogP contribution in [0.3, 0.4) is 0 Å². The molecule has 3 heteroatoms. The van der Waals surface area contributed by atoms with Crippen LogP contribution >= 0.6 is 0 Å². The molecular weight excluding hydrogens is 234 g/mol. The summed E-state index contributed by atoms with van der Waals surface area (Å²) in [6, 6.07) is 12.7. The molecule has 1 unspecified atom stereocenters. The molecule has 0 saturated carbocycles. The van der Waals surface area contributed by atoms with Crippen LogP contribution in [0.4, 0.5) is 0 Å². The maximum absolute atomic E-state index is 5.94. The number of nitrogens with zero attached hydrogens (tertiary/aromatic N) is 2. The lowest BCUT2D eigenvalue weighted by Gasteiger charge is -2.15. The van der Waals surface area contributed by atoms with E-state index in [1.807, 2.05) is 6.92 Å². The van der Waals surface area contributed by atoms with Crippen molar-refractivity contribution in [2.75, 3.05) is 6.54 Å². The Labute approximate surface area is 115 Å². The molecule has 0 spiro atoms. The van der Waals surface area contributed by atoms with Crippen LogP contribution in [0.25, 0.3) is 0 Å². The van der Waals surface area contributed by atoms with Crippen molar-refractivity contribution in [2.24, 2.45) is 11.7 Å². The third kappa shape index (κ3) is 3.67. The molecule has 2 N–H and O–H groups in total. The fourth-order valence-electron chi connectivity index (χ4n) is 2.52. The minimum atomic E-state index is 0.476. The number of rotatable bonds is 6. The number of aryl methyl sites for hydroxylation is 2. The molecule has 0 bridgehead atoms. The van der Waals surface area contributed by atoms with E-state index >= 15 is 0 Å². The Bertz CT molecular complexity index is 502. The SMILES string of the molecule is CCn1nc(C)cc1CC(CN)Cc1ccccc1. The summed E-state index contributed by atoms with van der Waals surface area (Å²) in [5.41, 5.74) is 9.68.